The van der Waals surface area contributed by atoms with E-state index < -0.39 is 0 Å². The van der Waals surface area contributed by atoms with E-state index >= 15 is 0 Å². The van der Waals surface area contributed by atoms with Crippen molar-refractivity contribution < 1.29 is 4.42 Å². The molecule has 0 saturated carbocycles. The van der Waals surface area contributed by atoms with Crippen molar-refractivity contribution >= 4 is 39.0 Å². The van der Waals surface area contributed by atoms with E-state index in [4.69, 9.17) is 4.42 Å². The molecule has 58 heavy (non-hydrogen) atoms. The minimum absolute atomic E-state index is 0.257. The number of rotatable bonds is 7. The Kier molecular flexibility index (Phi) is 7.97. The molecule has 0 bridgehead atoms. The Bertz CT molecular complexity index is 3060. The topological polar surface area (TPSA) is 16.4 Å². The number of benzene rings is 9. The van der Waals surface area contributed by atoms with Gasteiger partial charge in [-0.3, -0.25) is 0 Å². The molecule has 0 spiro atoms. The van der Waals surface area contributed by atoms with Gasteiger partial charge in [0.05, 0.1) is 0 Å². The monoisotopic (exact) mass is 741 g/mol. The quantitative estimate of drug-likeness (QED) is 0.162. The first-order valence-corrected chi connectivity index (χ1v) is 20.0. The molecule has 9 aromatic carbocycles. The van der Waals surface area contributed by atoms with Crippen LogP contribution < -0.4 is 4.90 Å². The van der Waals surface area contributed by atoms with Crippen LogP contribution in [0, 0.1) is 0 Å². The third-order valence-electron chi connectivity index (χ3n) is 12.2. The number of nitrogens with zero attached hydrogens (tertiary/aromatic N) is 1. The molecule has 0 saturated heterocycles. The highest BCUT2D eigenvalue weighted by Gasteiger charge is 2.40. The number of fused-ring (bicyclic) bond motifs is 6. The standard InChI is InChI=1S/C56H39NO/c1-56(52-21-10-8-19-48(52)49-20-9-11-22-53(49)56)44-28-34-54-51(37-44)50-33-27-43(36-55(50)58-54)41-25-31-46(32-26-41)57(45-29-23-40(24-30-45)38-13-4-2-5-14-38)47-18-12-17-42(35-47)39-15-6-3-7-16-39/h2-37H,1H3. The lowest BCUT2D eigenvalue weighted by molar-refractivity contribution is 0.667. The molecular formula is C56H39NO. The average molecular weight is 742 g/mol. The molecule has 274 valence electrons. The zero-order valence-electron chi connectivity index (χ0n) is 32.1. The van der Waals surface area contributed by atoms with Crippen LogP contribution in [0.2, 0.25) is 0 Å². The van der Waals surface area contributed by atoms with Crippen LogP contribution in [0.15, 0.2) is 223 Å². The van der Waals surface area contributed by atoms with Crippen molar-refractivity contribution in [2.75, 3.05) is 4.90 Å². The van der Waals surface area contributed by atoms with Crippen LogP contribution in [0.5, 0.6) is 0 Å². The summed E-state index contributed by atoms with van der Waals surface area (Å²) in [6.45, 7) is 2.36. The van der Waals surface area contributed by atoms with Crippen molar-refractivity contribution in [3.8, 4) is 44.5 Å². The van der Waals surface area contributed by atoms with Gasteiger partial charge in [-0.2, -0.15) is 0 Å². The van der Waals surface area contributed by atoms with Gasteiger partial charge in [0, 0.05) is 33.2 Å². The highest BCUT2D eigenvalue weighted by Crippen LogP contribution is 2.53. The Hall–Kier alpha value is -7.42. The van der Waals surface area contributed by atoms with Gasteiger partial charge in [0.15, 0.2) is 0 Å². The molecule has 2 nitrogen and oxygen atoms in total. The summed E-state index contributed by atoms with van der Waals surface area (Å²) >= 11 is 0. The highest BCUT2D eigenvalue weighted by atomic mass is 16.3. The molecular weight excluding hydrogens is 703 g/mol. The van der Waals surface area contributed by atoms with Gasteiger partial charge in [0.1, 0.15) is 11.2 Å². The average Bonchev–Trinajstić information content (AvgIpc) is 3.80. The van der Waals surface area contributed by atoms with E-state index in [1.807, 2.05) is 0 Å². The lowest BCUT2D eigenvalue weighted by Crippen LogP contribution is -2.22. The summed E-state index contributed by atoms with van der Waals surface area (Å²) in [6.07, 6.45) is 0. The van der Waals surface area contributed by atoms with Crippen LogP contribution in [0.25, 0.3) is 66.4 Å². The van der Waals surface area contributed by atoms with Gasteiger partial charge in [-0.1, -0.05) is 158 Å². The Morgan fingerprint density at radius 3 is 1.48 bits per heavy atom. The lowest BCUT2D eigenvalue weighted by Gasteiger charge is -2.28. The number of hydrogen-bond donors (Lipinski definition) is 0. The van der Waals surface area contributed by atoms with E-state index in [9.17, 15) is 0 Å². The van der Waals surface area contributed by atoms with Gasteiger partial charge in [-0.15, -0.1) is 0 Å². The summed E-state index contributed by atoms with van der Waals surface area (Å²) in [4.78, 5) is 2.34. The Morgan fingerprint density at radius 2 is 0.845 bits per heavy atom. The summed E-state index contributed by atoms with van der Waals surface area (Å²) in [5.74, 6) is 0. The number of hydrogen-bond acceptors (Lipinski definition) is 2. The first-order valence-electron chi connectivity index (χ1n) is 20.0. The number of furan rings is 1. The predicted octanol–water partition coefficient (Wildman–Crippen LogP) is 15.4. The molecule has 0 aliphatic heterocycles. The molecule has 0 atom stereocenters. The van der Waals surface area contributed by atoms with Crippen LogP contribution in [0.3, 0.4) is 0 Å². The van der Waals surface area contributed by atoms with Crippen LogP contribution in [0.4, 0.5) is 17.1 Å². The molecule has 0 fully saturated rings. The Balaban J connectivity index is 0.951. The van der Waals surface area contributed by atoms with Gasteiger partial charge in [-0.05, 0) is 129 Å². The fourth-order valence-corrected chi connectivity index (χ4v) is 9.17. The third kappa shape index (κ3) is 5.56. The fraction of sp³-hybridized carbons (Fsp3) is 0.0357. The van der Waals surface area contributed by atoms with E-state index in [2.05, 4.69) is 230 Å². The molecule has 0 unspecified atom stereocenters. The van der Waals surface area contributed by atoms with Gasteiger partial charge < -0.3 is 9.32 Å². The maximum atomic E-state index is 6.56. The van der Waals surface area contributed by atoms with Crippen LogP contribution >= 0.6 is 0 Å². The molecule has 2 heteroatoms. The third-order valence-corrected chi connectivity index (χ3v) is 12.2. The van der Waals surface area contributed by atoms with E-state index in [0.717, 1.165) is 50.1 Å². The molecule has 0 amide bonds. The van der Waals surface area contributed by atoms with Crippen LogP contribution in [0.1, 0.15) is 23.6 Å². The molecule has 0 radical (unpaired) electrons. The van der Waals surface area contributed by atoms with Gasteiger partial charge >= 0.3 is 0 Å². The zero-order chi connectivity index (χ0) is 38.6. The summed E-state index contributed by atoms with van der Waals surface area (Å²) in [5, 5.41) is 2.27. The fourth-order valence-electron chi connectivity index (χ4n) is 9.17. The first-order chi connectivity index (χ1) is 28.6. The maximum Gasteiger partial charge on any atom is 0.136 e. The molecule has 1 aromatic heterocycles. The van der Waals surface area contributed by atoms with E-state index in [-0.39, 0.29) is 5.41 Å². The Labute approximate surface area is 338 Å². The normalized spacial score (nSPS) is 12.7. The van der Waals surface area contributed by atoms with Crippen molar-refractivity contribution in [3.63, 3.8) is 0 Å². The molecule has 11 rings (SSSR count). The van der Waals surface area contributed by atoms with E-state index in [0.29, 0.717) is 0 Å². The van der Waals surface area contributed by atoms with Crippen molar-refractivity contribution in [1.82, 2.24) is 0 Å². The van der Waals surface area contributed by atoms with Crippen molar-refractivity contribution in [2.24, 2.45) is 0 Å². The van der Waals surface area contributed by atoms with E-state index in [1.54, 1.807) is 0 Å². The van der Waals surface area contributed by atoms with Crippen molar-refractivity contribution in [1.29, 1.82) is 0 Å². The molecule has 0 N–H and O–H groups in total. The van der Waals surface area contributed by atoms with Crippen molar-refractivity contribution in [3.05, 3.63) is 235 Å². The smallest absolute Gasteiger partial charge is 0.136 e. The molecule has 1 heterocycles. The second-order valence-corrected chi connectivity index (χ2v) is 15.5. The van der Waals surface area contributed by atoms with Gasteiger partial charge in [-0.25, -0.2) is 0 Å². The minimum Gasteiger partial charge on any atom is -0.456 e. The molecule has 10 aromatic rings. The van der Waals surface area contributed by atoms with Crippen molar-refractivity contribution in [2.45, 2.75) is 12.3 Å². The zero-order valence-corrected chi connectivity index (χ0v) is 32.1. The first kappa shape index (κ1) is 33.9. The summed E-state index contributed by atoms with van der Waals surface area (Å²) < 4.78 is 6.56. The summed E-state index contributed by atoms with van der Waals surface area (Å²) in [7, 11) is 0. The minimum atomic E-state index is -0.257. The molecule has 1 aliphatic rings. The maximum absolute atomic E-state index is 6.56. The summed E-state index contributed by atoms with van der Waals surface area (Å²) in [6, 6.07) is 78.8. The second kappa shape index (κ2) is 13.7. The van der Waals surface area contributed by atoms with E-state index in [1.165, 1.54) is 50.1 Å². The van der Waals surface area contributed by atoms with Gasteiger partial charge in [0.25, 0.3) is 0 Å². The lowest BCUT2D eigenvalue weighted by atomic mass is 9.74. The Morgan fingerprint density at radius 1 is 0.345 bits per heavy atom. The second-order valence-electron chi connectivity index (χ2n) is 15.5. The largest absolute Gasteiger partial charge is 0.456 e. The molecule has 1 aliphatic carbocycles. The van der Waals surface area contributed by atoms with Crippen LogP contribution in [-0.4, -0.2) is 0 Å². The van der Waals surface area contributed by atoms with Gasteiger partial charge in [0.2, 0.25) is 0 Å². The summed E-state index contributed by atoms with van der Waals surface area (Å²) in [5.41, 5.74) is 18.5. The number of anilines is 3. The SMILES string of the molecule is CC1(c2ccc3oc4cc(-c5ccc(N(c6ccc(-c7ccccc7)cc6)c6cccc(-c7ccccc7)c6)cc5)ccc4c3c2)c2ccccc2-c2ccccc21. The van der Waals surface area contributed by atoms with Crippen LogP contribution in [-0.2, 0) is 5.41 Å². The highest BCUT2D eigenvalue weighted by molar-refractivity contribution is 6.06. The predicted molar refractivity (Wildman–Crippen MR) is 242 cm³/mol.